The maximum Gasteiger partial charge on any atom is 0.271 e. The second-order valence-electron chi connectivity index (χ2n) is 4.00. The maximum absolute atomic E-state index is 11.8. The van der Waals surface area contributed by atoms with Crippen LogP contribution in [0.2, 0.25) is 0 Å². The molecule has 0 radical (unpaired) electrons. The van der Waals surface area contributed by atoms with Gasteiger partial charge in [-0.2, -0.15) is 0 Å². The smallest absolute Gasteiger partial charge is 0.271 e. The summed E-state index contributed by atoms with van der Waals surface area (Å²) in [6.07, 6.45) is 1.67. The van der Waals surface area contributed by atoms with Gasteiger partial charge in [-0.3, -0.25) is 9.78 Å². The SMILES string of the molecule is CN(C)C(=O)c1cc(-c2ccccc2)ccn1. The van der Waals surface area contributed by atoms with Crippen LogP contribution in [0.5, 0.6) is 0 Å². The Morgan fingerprint density at radius 1 is 1.06 bits per heavy atom. The molecule has 86 valence electrons. The highest BCUT2D eigenvalue weighted by Crippen LogP contribution is 2.19. The summed E-state index contributed by atoms with van der Waals surface area (Å²) in [5, 5.41) is 0. The molecule has 2 aromatic rings. The number of rotatable bonds is 2. The Morgan fingerprint density at radius 2 is 1.76 bits per heavy atom. The third-order valence-electron chi connectivity index (χ3n) is 2.49. The summed E-state index contributed by atoms with van der Waals surface area (Å²) >= 11 is 0. The van der Waals surface area contributed by atoms with Crippen LogP contribution in [0.15, 0.2) is 48.7 Å². The van der Waals surface area contributed by atoms with Gasteiger partial charge in [0.1, 0.15) is 5.69 Å². The van der Waals surface area contributed by atoms with Gasteiger partial charge in [-0.05, 0) is 23.3 Å². The number of hydrogen-bond donors (Lipinski definition) is 0. The molecule has 0 fully saturated rings. The van der Waals surface area contributed by atoms with E-state index in [-0.39, 0.29) is 5.91 Å². The first-order valence-corrected chi connectivity index (χ1v) is 5.41. The second kappa shape index (κ2) is 4.78. The van der Waals surface area contributed by atoms with Crippen LogP contribution in [0.3, 0.4) is 0 Å². The van der Waals surface area contributed by atoms with Gasteiger partial charge in [0.05, 0.1) is 0 Å². The Balaban J connectivity index is 2.39. The molecule has 2 rings (SSSR count). The van der Waals surface area contributed by atoms with Crippen molar-refractivity contribution in [2.75, 3.05) is 14.1 Å². The predicted molar refractivity (Wildman–Crippen MR) is 67.7 cm³/mol. The second-order valence-corrected chi connectivity index (χ2v) is 4.00. The molecule has 0 unspecified atom stereocenters. The van der Waals surface area contributed by atoms with Crippen molar-refractivity contribution in [2.24, 2.45) is 0 Å². The van der Waals surface area contributed by atoms with E-state index < -0.39 is 0 Å². The number of carbonyl (C=O) groups excluding carboxylic acids is 1. The molecule has 1 aromatic heterocycles. The van der Waals surface area contributed by atoms with Gasteiger partial charge in [0.15, 0.2) is 0 Å². The van der Waals surface area contributed by atoms with Crippen LogP contribution in [0.4, 0.5) is 0 Å². The standard InChI is InChI=1S/C14H14N2O/c1-16(2)14(17)13-10-12(8-9-15-13)11-6-4-3-5-7-11/h3-10H,1-2H3. The molecule has 0 aliphatic rings. The van der Waals surface area contributed by atoms with Crippen LogP contribution in [-0.2, 0) is 0 Å². The first-order valence-electron chi connectivity index (χ1n) is 5.41. The van der Waals surface area contributed by atoms with Crippen LogP contribution in [0.25, 0.3) is 11.1 Å². The molecular formula is C14H14N2O. The Kier molecular flexibility index (Phi) is 3.19. The molecule has 0 N–H and O–H groups in total. The average Bonchev–Trinajstić information content (AvgIpc) is 2.39. The van der Waals surface area contributed by atoms with Gasteiger partial charge in [-0.25, -0.2) is 0 Å². The molecule has 1 heterocycles. The molecule has 3 heteroatoms. The number of pyridine rings is 1. The van der Waals surface area contributed by atoms with Crippen molar-refractivity contribution in [1.29, 1.82) is 0 Å². The van der Waals surface area contributed by atoms with Crippen LogP contribution in [0, 0.1) is 0 Å². The van der Waals surface area contributed by atoms with Gasteiger partial charge in [-0.1, -0.05) is 30.3 Å². The quantitative estimate of drug-likeness (QED) is 0.788. The largest absolute Gasteiger partial charge is 0.343 e. The minimum atomic E-state index is -0.0808. The minimum Gasteiger partial charge on any atom is -0.343 e. The number of carbonyl (C=O) groups is 1. The fourth-order valence-corrected chi connectivity index (χ4v) is 1.59. The fourth-order valence-electron chi connectivity index (χ4n) is 1.59. The number of amides is 1. The van der Waals surface area contributed by atoms with Gasteiger partial charge in [0, 0.05) is 20.3 Å². The summed E-state index contributed by atoms with van der Waals surface area (Å²) in [4.78, 5) is 17.4. The van der Waals surface area contributed by atoms with Crippen LogP contribution < -0.4 is 0 Å². The summed E-state index contributed by atoms with van der Waals surface area (Å²) in [7, 11) is 3.44. The molecule has 0 aliphatic heterocycles. The van der Waals surface area contributed by atoms with Crippen molar-refractivity contribution in [3.05, 3.63) is 54.4 Å². The molecule has 0 spiro atoms. The van der Waals surface area contributed by atoms with E-state index >= 15 is 0 Å². The lowest BCUT2D eigenvalue weighted by molar-refractivity contribution is 0.0822. The lowest BCUT2D eigenvalue weighted by Gasteiger charge is -2.10. The van der Waals surface area contributed by atoms with E-state index in [1.807, 2.05) is 42.5 Å². The lowest BCUT2D eigenvalue weighted by atomic mass is 10.1. The normalized spacial score (nSPS) is 10.0. The first kappa shape index (κ1) is 11.3. The zero-order chi connectivity index (χ0) is 12.3. The topological polar surface area (TPSA) is 33.2 Å². The average molecular weight is 226 g/mol. The number of aromatic nitrogens is 1. The molecule has 0 saturated heterocycles. The fraction of sp³-hybridized carbons (Fsp3) is 0.143. The zero-order valence-electron chi connectivity index (χ0n) is 9.92. The molecule has 0 bridgehead atoms. The van der Waals surface area contributed by atoms with Gasteiger partial charge in [0.2, 0.25) is 0 Å². The Bertz CT molecular complexity index is 521. The van der Waals surface area contributed by atoms with E-state index in [0.717, 1.165) is 11.1 Å². The molecule has 0 atom stereocenters. The van der Waals surface area contributed by atoms with E-state index in [9.17, 15) is 4.79 Å². The van der Waals surface area contributed by atoms with E-state index in [0.29, 0.717) is 5.69 Å². The molecule has 1 amide bonds. The number of benzene rings is 1. The maximum atomic E-state index is 11.8. The first-order chi connectivity index (χ1) is 8.18. The lowest BCUT2D eigenvalue weighted by Crippen LogP contribution is -2.22. The van der Waals surface area contributed by atoms with Crippen molar-refractivity contribution in [1.82, 2.24) is 9.88 Å². The van der Waals surface area contributed by atoms with Crippen molar-refractivity contribution >= 4 is 5.91 Å². The van der Waals surface area contributed by atoms with E-state index in [1.165, 1.54) is 4.90 Å². The van der Waals surface area contributed by atoms with Crippen LogP contribution >= 0.6 is 0 Å². The predicted octanol–water partition coefficient (Wildman–Crippen LogP) is 2.45. The summed E-state index contributed by atoms with van der Waals surface area (Å²) in [5.74, 6) is -0.0808. The Morgan fingerprint density at radius 3 is 2.41 bits per heavy atom. The monoisotopic (exact) mass is 226 g/mol. The molecule has 0 saturated carbocycles. The number of nitrogens with zero attached hydrogens (tertiary/aromatic N) is 2. The highest BCUT2D eigenvalue weighted by atomic mass is 16.2. The van der Waals surface area contributed by atoms with Gasteiger partial charge < -0.3 is 4.90 Å². The summed E-state index contributed by atoms with van der Waals surface area (Å²) in [6.45, 7) is 0. The van der Waals surface area contributed by atoms with Gasteiger partial charge >= 0.3 is 0 Å². The minimum absolute atomic E-state index is 0.0808. The molecule has 0 aliphatic carbocycles. The van der Waals surface area contributed by atoms with E-state index in [4.69, 9.17) is 0 Å². The molecule has 17 heavy (non-hydrogen) atoms. The Hall–Kier alpha value is -2.16. The van der Waals surface area contributed by atoms with Gasteiger partial charge in [-0.15, -0.1) is 0 Å². The Labute approximate surface area is 101 Å². The van der Waals surface area contributed by atoms with Crippen molar-refractivity contribution in [2.45, 2.75) is 0 Å². The van der Waals surface area contributed by atoms with Crippen molar-refractivity contribution in [3.63, 3.8) is 0 Å². The van der Waals surface area contributed by atoms with Crippen molar-refractivity contribution in [3.8, 4) is 11.1 Å². The molecule has 3 nitrogen and oxygen atoms in total. The van der Waals surface area contributed by atoms with Crippen LogP contribution in [0.1, 0.15) is 10.5 Å². The van der Waals surface area contributed by atoms with Gasteiger partial charge in [0.25, 0.3) is 5.91 Å². The molecular weight excluding hydrogens is 212 g/mol. The van der Waals surface area contributed by atoms with Crippen LogP contribution in [-0.4, -0.2) is 29.9 Å². The van der Waals surface area contributed by atoms with Crippen molar-refractivity contribution < 1.29 is 4.79 Å². The summed E-state index contributed by atoms with van der Waals surface area (Å²) in [5.41, 5.74) is 2.56. The third kappa shape index (κ3) is 2.50. The zero-order valence-corrected chi connectivity index (χ0v) is 9.92. The molecule has 1 aromatic carbocycles. The van der Waals surface area contributed by atoms with E-state index in [2.05, 4.69) is 4.98 Å². The summed E-state index contributed by atoms with van der Waals surface area (Å²) < 4.78 is 0. The number of hydrogen-bond acceptors (Lipinski definition) is 2. The highest BCUT2D eigenvalue weighted by Gasteiger charge is 2.10. The summed E-state index contributed by atoms with van der Waals surface area (Å²) in [6, 6.07) is 13.7. The van der Waals surface area contributed by atoms with E-state index in [1.54, 1.807) is 20.3 Å². The highest BCUT2D eigenvalue weighted by molar-refractivity contribution is 5.93. The third-order valence-corrected chi connectivity index (χ3v) is 2.49.